The van der Waals surface area contributed by atoms with Gasteiger partial charge in [0, 0.05) is 36.3 Å². The number of aromatic nitrogens is 1. The number of carbonyl (C=O) groups is 2. The molecule has 4 aromatic rings. The topological polar surface area (TPSA) is 57.6 Å². The molecule has 3 aromatic carbocycles. The highest BCUT2D eigenvalue weighted by Crippen LogP contribution is 2.30. The first-order chi connectivity index (χ1) is 17.0. The number of thiocarbonyl (C=S) groups is 1. The zero-order valence-electron chi connectivity index (χ0n) is 19.2. The van der Waals surface area contributed by atoms with Crippen molar-refractivity contribution in [2.75, 3.05) is 11.9 Å². The summed E-state index contributed by atoms with van der Waals surface area (Å²) in [6.07, 6.45) is 3.76. The fourth-order valence-electron chi connectivity index (χ4n) is 4.24. The van der Waals surface area contributed by atoms with Crippen LogP contribution < -0.4 is 10.2 Å². The number of amides is 2. The van der Waals surface area contributed by atoms with Crippen molar-refractivity contribution in [3.8, 4) is 0 Å². The van der Waals surface area contributed by atoms with Gasteiger partial charge in [-0.25, -0.2) is 0 Å². The molecular formula is C28H24N4O2S. The highest BCUT2D eigenvalue weighted by Gasteiger charge is 2.36. The second-order valence-corrected chi connectivity index (χ2v) is 8.70. The number of nitrogens with one attached hydrogen (secondary N) is 1. The van der Waals surface area contributed by atoms with Gasteiger partial charge in [-0.15, -0.1) is 0 Å². The van der Waals surface area contributed by atoms with E-state index in [1.807, 2.05) is 102 Å². The van der Waals surface area contributed by atoms with Crippen LogP contribution >= 0.6 is 12.2 Å². The van der Waals surface area contributed by atoms with E-state index < -0.39 is 0 Å². The second-order valence-electron chi connectivity index (χ2n) is 8.34. The molecule has 2 heterocycles. The Hall–Kier alpha value is -4.23. The van der Waals surface area contributed by atoms with Crippen molar-refractivity contribution in [2.45, 2.75) is 13.1 Å². The molecule has 0 atom stereocenters. The third kappa shape index (κ3) is 4.46. The molecule has 0 bridgehead atoms. The first-order valence-electron chi connectivity index (χ1n) is 11.3. The van der Waals surface area contributed by atoms with Crippen molar-refractivity contribution < 1.29 is 9.59 Å². The van der Waals surface area contributed by atoms with Crippen LogP contribution in [0.1, 0.15) is 11.1 Å². The van der Waals surface area contributed by atoms with Gasteiger partial charge < -0.3 is 14.8 Å². The molecule has 1 aromatic heterocycles. The van der Waals surface area contributed by atoms with Gasteiger partial charge in [-0.1, -0.05) is 66.7 Å². The van der Waals surface area contributed by atoms with E-state index in [4.69, 9.17) is 12.2 Å². The lowest BCUT2D eigenvalue weighted by Gasteiger charge is -2.16. The van der Waals surface area contributed by atoms with Gasteiger partial charge in [0.05, 0.1) is 5.69 Å². The maximum absolute atomic E-state index is 13.3. The minimum atomic E-state index is -0.180. The van der Waals surface area contributed by atoms with Gasteiger partial charge in [0.1, 0.15) is 12.2 Å². The maximum atomic E-state index is 13.3. The standard InChI is InChI=1S/C28H24N4O2S/c1-30-25(27(34)32(28(30)35)22-12-6-3-7-13-22)16-21-18-31(24-15-9-8-14-23(21)24)19-26(33)29-17-20-10-4-2-5-11-20/h2-16,18H,17,19H2,1H3,(H,29,33)/b25-16-. The molecule has 5 rings (SSSR count). The van der Waals surface area contributed by atoms with Crippen LogP contribution in [-0.4, -0.2) is 33.4 Å². The molecule has 2 amide bonds. The Bertz CT molecular complexity index is 1440. The largest absolute Gasteiger partial charge is 0.350 e. The van der Waals surface area contributed by atoms with E-state index in [2.05, 4.69) is 5.32 Å². The minimum absolute atomic E-state index is 0.0840. The highest BCUT2D eigenvalue weighted by molar-refractivity contribution is 7.80. The molecule has 1 fully saturated rings. The van der Waals surface area contributed by atoms with Crippen LogP contribution in [0.4, 0.5) is 5.69 Å². The van der Waals surface area contributed by atoms with Gasteiger partial charge in [-0.05, 0) is 42.1 Å². The number of rotatable bonds is 6. The molecule has 0 radical (unpaired) electrons. The van der Waals surface area contributed by atoms with E-state index in [0.717, 1.165) is 27.7 Å². The molecule has 1 N–H and O–H groups in total. The summed E-state index contributed by atoms with van der Waals surface area (Å²) >= 11 is 5.58. The molecule has 174 valence electrons. The quantitative estimate of drug-likeness (QED) is 0.325. The van der Waals surface area contributed by atoms with Gasteiger partial charge in [-0.2, -0.15) is 0 Å². The number of hydrogen-bond acceptors (Lipinski definition) is 3. The molecule has 1 saturated heterocycles. The Kier molecular flexibility index (Phi) is 6.16. The highest BCUT2D eigenvalue weighted by atomic mass is 32.1. The first kappa shape index (κ1) is 22.6. The normalized spacial score (nSPS) is 14.8. The van der Waals surface area contributed by atoms with Gasteiger partial charge in [-0.3, -0.25) is 14.5 Å². The molecule has 1 aliphatic rings. The molecule has 0 saturated carbocycles. The van der Waals surface area contributed by atoms with Crippen LogP contribution in [0, 0.1) is 0 Å². The Labute approximate surface area is 209 Å². The lowest BCUT2D eigenvalue weighted by atomic mass is 10.1. The van der Waals surface area contributed by atoms with Crippen LogP contribution in [0.25, 0.3) is 17.0 Å². The summed E-state index contributed by atoms with van der Waals surface area (Å²) in [7, 11) is 1.80. The summed E-state index contributed by atoms with van der Waals surface area (Å²) < 4.78 is 1.91. The number of hydrogen-bond donors (Lipinski definition) is 1. The lowest BCUT2D eigenvalue weighted by Crippen LogP contribution is -2.30. The Morgan fingerprint density at radius 3 is 2.34 bits per heavy atom. The van der Waals surface area contributed by atoms with E-state index in [-0.39, 0.29) is 18.4 Å². The average Bonchev–Trinajstić information content (AvgIpc) is 3.33. The lowest BCUT2D eigenvalue weighted by molar-refractivity contribution is -0.121. The van der Waals surface area contributed by atoms with Gasteiger partial charge in [0.2, 0.25) is 5.91 Å². The van der Waals surface area contributed by atoms with E-state index in [9.17, 15) is 9.59 Å². The average molecular weight is 481 g/mol. The molecule has 0 unspecified atom stereocenters. The number of carbonyl (C=O) groups excluding carboxylic acids is 2. The van der Waals surface area contributed by atoms with Crippen molar-refractivity contribution in [3.05, 3.63) is 108 Å². The number of likely N-dealkylation sites (N-methyl/N-ethyl adjacent to an activating group) is 1. The Morgan fingerprint density at radius 2 is 1.60 bits per heavy atom. The minimum Gasteiger partial charge on any atom is -0.350 e. The van der Waals surface area contributed by atoms with Crippen molar-refractivity contribution in [1.82, 2.24) is 14.8 Å². The molecule has 7 heteroatoms. The zero-order chi connectivity index (χ0) is 24.4. The third-order valence-electron chi connectivity index (χ3n) is 6.03. The van der Waals surface area contributed by atoms with Crippen LogP contribution in [0.5, 0.6) is 0 Å². The van der Waals surface area contributed by atoms with Crippen LogP contribution in [0.3, 0.4) is 0 Å². The maximum Gasteiger partial charge on any atom is 0.281 e. The molecule has 0 spiro atoms. The van der Waals surface area contributed by atoms with Gasteiger partial charge in [0.15, 0.2) is 5.11 Å². The molecule has 0 aliphatic carbocycles. The summed E-state index contributed by atoms with van der Waals surface area (Å²) in [4.78, 5) is 29.3. The first-order valence-corrected chi connectivity index (χ1v) is 11.7. The van der Waals surface area contributed by atoms with Crippen molar-refractivity contribution in [2.24, 2.45) is 0 Å². The monoisotopic (exact) mass is 480 g/mol. The fourth-order valence-corrected chi connectivity index (χ4v) is 4.52. The van der Waals surface area contributed by atoms with E-state index in [0.29, 0.717) is 17.4 Å². The van der Waals surface area contributed by atoms with Crippen molar-refractivity contribution in [3.63, 3.8) is 0 Å². The van der Waals surface area contributed by atoms with Gasteiger partial charge in [0.25, 0.3) is 5.91 Å². The summed E-state index contributed by atoms with van der Waals surface area (Å²) in [5.74, 6) is -0.263. The van der Waals surface area contributed by atoms with E-state index >= 15 is 0 Å². The molecular weight excluding hydrogens is 456 g/mol. The Morgan fingerprint density at radius 1 is 0.943 bits per heavy atom. The van der Waals surface area contributed by atoms with Crippen molar-refractivity contribution >= 4 is 51.8 Å². The number of nitrogens with zero attached hydrogens (tertiary/aromatic N) is 3. The number of anilines is 1. The fraction of sp³-hybridized carbons (Fsp3) is 0.107. The zero-order valence-corrected chi connectivity index (χ0v) is 20.0. The van der Waals surface area contributed by atoms with E-state index in [1.165, 1.54) is 4.90 Å². The second kappa shape index (κ2) is 9.56. The smallest absolute Gasteiger partial charge is 0.281 e. The SMILES string of the molecule is CN1C(=S)N(c2ccccc2)C(=O)/C1=C/c1cn(CC(=O)NCc2ccccc2)c2ccccc12. The number of fused-ring (bicyclic) bond motifs is 1. The van der Waals surface area contributed by atoms with Crippen LogP contribution in [0.15, 0.2) is 96.8 Å². The summed E-state index contributed by atoms with van der Waals surface area (Å²) in [5.41, 5.74) is 4.03. The molecule has 1 aliphatic heterocycles. The van der Waals surface area contributed by atoms with Crippen LogP contribution in [-0.2, 0) is 22.7 Å². The van der Waals surface area contributed by atoms with E-state index in [1.54, 1.807) is 11.9 Å². The summed E-state index contributed by atoms with van der Waals surface area (Å²) in [5, 5.41) is 4.36. The summed E-state index contributed by atoms with van der Waals surface area (Å²) in [6, 6.07) is 27.1. The molecule has 35 heavy (non-hydrogen) atoms. The van der Waals surface area contributed by atoms with Crippen LogP contribution in [0.2, 0.25) is 0 Å². The predicted octanol–water partition coefficient (Wildman–Crippen LogP) is 4.56. The number of para-hydroxylation sites is 2. The Balaban J connectivity index is 1.43. The molecule has 6 nitrogen and oxygen atoms in total. The van der Waals surface area contributed by atoms with Gasteiger partial charge >= 0.3 is 0 Å². The number of benzene rings is 3. The summed E-state index contributed by atoms with van der Waals surface area (Å²) in [6.45, 7) is 0.650. The predicted molar refractivity (Wildman–Crippen MR) is 142 cm³/mol. The third-order valence-corrected chi connectivity index (χ3v) is 6.49. The van der Waals surface area contributed by atoms with Crippen molar-refractivity contribution in [1.29, 1.82) is 0 Å².